The van der Waals surface area contributed by atoms with E-state index in [1.807, 2.05) is 18.2 Å². The second-order valence-corrected chi connectivity index (χ2v) is 8.76. The van der Waals surface area contributed by atoms with Crippen LogP contribution in [-0.2, 0) is 16.2 Å². The predicted octanol–water partition coefficient (Wildman–Crippen LogP) is 5.00. The van der Waals surface area contributed by atoms with Crippen molar-refractivity contribution in [3.05, 3.63) is 88.4 Å². The van der Waals surface area contributed by atoms with Gasteiger partial charge in [-0.05, 0) is 58.4 Å². The quantitative estimate of drug-likeness (QED) is 0.199. The number of nitrogens with one attached hydrogen (secondary N) is 1. The number of benzene rings is 3. The minimum absolute atomic E-state index is 0.0389. The molecule has 0 saturated carbocycles. The first kappa shape index (κ1) is 23.7. The fourth-order valence-electron chi connectivity index (χ4n) is 3.57. The molecule has 1 saturated heterocycles. The molecule has 0 unspecified atom stereocenters. The second-order valence-electron chi connectivity index (χ2n) is 7.52. The molecule has 1 heterocycles. The molecule has 0 radical (unpaired) electrons. The first-order valence-electron chi connectivity index (χ1n) is 10.4. The van der Waals surface area contributed by atoms with Gasteiger partial charge in [-0.25, -0.2) is 0 Å². The summed E-state index contributed by atoms with van der Waals surface area (Å²) >= 11 is 8.61. The van der Waals surface area contributed by atoms with Gasteiger partial charge in [0.2, 0.25) is 0 Å². The zero-order chi connectivity index (χ0) is 24.2. The molecular weight excluding hydrogens is 516 g/mol. The number of rotatable bonds is 7. The van der Waals surface area contributed by atoms with Gasteiger partial charge in [0.05, 0.1) is 7.11 Å². The van der Waals surface area contributed by atoms with E-state index in [-0.39, 0.29) is 17.2 Å². The molecule has 8 heteroatoms. The van der Waals surface area contributed by atoms with Crippen molar-refractivity contribution in [2.45, 2.75) is 6.61 Å². The van der Waals surface area contributed by atoms with Crippen molar-refractivity contribution in [2.24, 2.45) is 0 Å². The van der Waals surface area contributed by atoms with Crippen LogP contribution in [0.4, 0.5) is 0 Å². The number of carbonyl (C=O) groups is 2. The van der Waals surface area contributed by atoms with Crippen molar-refractivity contribution in [1.82, 2.24) is 10.2 Å². The van der Waals surface area contributed by atoms with Gasteiger partial charge in [0.25, 0.3) is 11.8 Å². The third-order valence-corrected chi connectivity index (χ3v) is 6.30. The van der Waals surface area contributed by atoms with E-state index in [0.717, 1.165) is 16.3 Å². The minimum Gasteiger partial charge on any atom is -0.493 e. The van der Waals surface area contributed by atoms with Crippen LogP contribution in [0.5, 0.6) is 11.5 Å². The topological polar surface area (TPSA) is 67.9 Å². The van der Waals surface area contributed by atoms with Gasteiger partial charge in [-0.15, -0.1) is 6.58 Å². The Morgan fingerprint density at radius 3 is 2.59 bits per heavy atom. The summed E-state index contributed by atoms with van der Waals surface area (Å²) in [7, 11) is 1.53. The highest BCUT2D eigenvalue weighted by Gasteiger charge is 2.32. The summed E-state index contributed by atoms with van der Waals surface area (Å²) < 4.78 is 12.2. The fourth-order valence-corrected chi connectivity index (χ4v) is 4.25. The van der Waals surface area contributed by atoms with Crippen LogP contribution in [-0.4, -0.2) is 35.5 Å². The van der Waals surface area contributed by atoms with Crippen molar-refractivity contribution in [2.75, 3.05) is 13.7 Å². The first-order valence-corrected chi connectivity index (χ1v) is 11.6. The van der Waals surface area contributed by atoms with Gasteiger partial charge in [-0.2, -0.15) is 0 Å². The van der Waals surface area contributed by atoms with Crippen molar-refractivity contribution < 1.29 is 19.1 Å². The van der Waals surface area contributed by atoms with Gasteiger partial charge >= 0.3 is 0 Å². The summed E-state index contributed by atoms with van der Waals surface area (Å²) in [6.45, 7) is 4.17. The molecule has 0 atom stereocenters. The number of fused-ring (bicyclic) bond motifs is 1. The molecule has 1 N–H and O–H groups in total. The van der Waals surface area contributed by atoms with Crippen LogP contribution >= 0.6 is 28.1 Å². The molecule has 6 nitrogen and oxygen atoms in total. The molecule has 1 fully saturated rings. The number of thiocarbonyl (C=S) groups is 1. The SMILES string of the molecule is C=CCN1C(=O)/C(=C/c2cc(OC)c(OCc3ccc4ccccc4c3)cc2Br)C(=O)NC1=S. The summed E-state index contributed by atoms with van der Waals surface area (Å²) in [4.78, 5) is 26.5. The number of carbonyl (C=O) groups excluding carboxylic acids is 2. The second kappa shape index (κ2) is 10.2. The van der Waals surface area contributed by atoms with Crippen molar-refractivity contribution >= 4 is 61.9 Å². The summed E-state index contributed by atoms with van der Waals surface area (Å²) in [5, 5.41) is 4.89. The summed E-state index contributed by atoms with van der Waals surface area (Å²) in [5.74, 6) is -0.0505. The number of halogens is 1. The molecule has 4 rings (SSSR count). The highest BCUT2D eigenvalue weighted by Crippen LogP contribution is 2.35. The molecule has 3 aromatic rings. The first-order chi connectivity index (χ1) is 16.4. The van der Waals surface area contributed by atoms with Crippen LogP contribution in [0, 0.1) is 0 Å². The molecule has 172 valence electrons. The summed E-state index contributed by atoms with van der Waals surface area (Å²) in [5.41, 5.74) is 1.56. The van der Waals surface area contributed by atoms with E-state index in [4.69, 9.17) is 21.7 Å². The minimum atomic E-state index is -0.558. The monoisotopic (exact) mass is 536 g/mol. The van der Waals surface area contributed by atoms with Gasteiger partial charge in [0, 0.05) is 11.0 Å². The number of ether oxygens (including phenoxy) is 2. The number of hydrogen-bond acceptors (Lipinski definition) is 5. The zero-order valence-electron chi connectivity index (χ0n) is 18.3. The number of hydrogen-bond donors (Lipinski definition) is 1. The Balaban J connectivity index is 1.60. The van der Waals surface area contributed by atoms with Crippen LogP contribution in [0.25, 0.3) is 16.8 Å². The normalized spacial score (nSPS) is 14.9. The lowest BCUT2D eigenvalue weighted by Gasteiger charge is -2.27. The zero-order valence-corrected chi connectivity index (χ0v) is 20.7. The van der Waals surface area contributed by atoms with Crippen molar-refractivity contribution in [3.63, 3.8) is 0 Å². The highest BCUT2D eigenvalue weighted by atomic mass is 79.9. The fraction of sp³-hybridized carbons (Fsp3) is 0.115. The van der Waals surface area contributed by atoms with Crippen LogP contribution in [0.15, 0.2) is 77.3 Å². The summed E-state index contributed by atoms with van der Waals surface area (Å²) in [6, 6.07) is 17.8. The van der Waals surface area contributed by atoms with Gasteiger partial charge in [0.15, 0.2) is 16.6 Å². The molecule has 0 aromatic heterocycles. The van der Waals surface area contributed by atoms with E-state index in [1.54, 1.807) is 18.2 Å². The maximum atomic E-state index is 12.8. The predicted molar refractivity (Wildman–Crippen MR) is 140 cm³/mol. The van der Waals surface area contributed by atoms with Gasteiger partial charge in [-0.1, -0.05) is 58.4 Å². The molecule has 1 aliphatic heterocycles. The Kier molecular flexibility index (Phi) is 7.09. The number of nitrogens with zero attached hydrogens (tertiary/aromatic N) is 1. The lowest BCUT2D eigenvalue weighted by molar-refractivity contribution is -0.128. The molecule has 0 aliphatic carbocycles. The Labute approximate surface area is 211 Å². The van der Waals surface area contributed by atoms with Crippen LogP contribution in [0.2, 0.25) is 0 Å². The van der Waals surface area contributed by atoms with E-state index in [0.29, 0.717) is 28.1 Å². The van der Waals surface area contributed by atoms with E-state index in [9.17, 15) is 9.59 Å². The number of methoxy groups -OCH3 is 1. The maximum absolute atomic E-state index is 12.8. The third-order valence-electron chi connectivity index (χ3n) is 5.29. The van der Waals surface area contributed by atoms with E-state index < -0.39 is 11.8 Å². The summed E-state index contributed by atoms with van der Waals surface area (Å²) in [6.07, 6.45) is 3.04. The Morgan fingerprint density at radius 2 is 1.85 bits per heavy atom. The molecule has 3 aromatic carbocycles. The van der Waals surface area contributed by atoms with Crippen LogP contribution < -0.4 is 14.8 Å². The average Bonchev–Trinajstić information content (AvgIpc) is 2.83. The third kappa shape index (κ3) is 4.88. The Bertz CT molecular complexity index is 1350. The van der Waals surface area contributed by atoms with Crippen molar-refractivity contribution in [3.8, 4) is 11.5 Å². The Morgan fingerprint density at radius 1 is 1.09 bits per heavy atom. The standard InChI is InChI=1S/C26H21BrN2O4S/c1-3-10-29-25(31)20(24(30)28-26(29)34)12-19-13-22(32-2)23(14-21(19)27)33-15-16-8-9-17-6-4-5-7-18(17)11-16/h3-9,11-14H,1,10,15H2,2H3,(H,28,30,34)/b20-12+. The van der Waals surface area contributed by atoms with E-state index in [2.05, 4.69) is 52.1 Å². The van der Waals surface area contributed by atoms with Crippen LogP contribution in [0.1, 0.15) is 11.1 Å². The van der Waals surface area contributed by atoms with Crippen molar-refractivity contribution in [1.29, 1.82) is 0 Å². The highest BCUT2D eigenvalue weighted by molar-refractivity contribution is 9.10. The molecule has 1 aliphatic rings. The maximum Gasteiger partial charge on any atom is 0.265 e. The smallest absolute Gasteiger partial charge is 0.265 e. The lowest BCUT2D eigenvalue weighted by atomic mass is 10.1. The molecule has 2 amide bonds. The average molecular weight is 537 g/mol. The number of amides is 2. The molecule has 0 spiro atoms. The van der Waals surface area contributed by atoms with Gasteiger partial charge in [0.1, 0.15) is 12.2 Å². The molecular formula is C26H21BrN2O4S. The Hall–Kier alpha value is -3.49. The largest absolute Gasteiger partial charge is 0.493 e. The lowest BCUT2D eigenvalue weighted by Crippen LogP contribution is -2.53. The van der Waals surface area contributed by atoms with Gasteiger partial charge in [-0.3, -0.25) is 19.8 Å². The molecule has 34 heavy (non-hydrogen) atoms. The van der Waals surface area contributed by atoms with E-state index in [1.165, 1.54) is 18.1 Å². The molecule has 0 bridgehead atoms. The van der Waals surface area contributed by atoms with Crippen LogP contribution in [0.3, 0.4) is 0 Å². The van der Waals surface area contributed by atoms with E-state index >= 15 is 0 Å². The van der Waals surface area contributed by atoms with Gasteiger partial charge < -0.3 is 9.47 Å².